The van der Waals surface area contributed by atoms with Crippen LogP contribution in [0.25, 0.3) is 11.3 Å². The van der Waals surface area contributed by atoms with E-state index >= 15 is 0 Å². The Morgan fingerprint density at radius 3 is 2.80 bits per heavy atom. The number of anilines is 1. The highest BCUT2D eigenvalue weighted by Gasteiger charge is 2.22. The number of allylic oxidation sites excluding steroid dienone is 1. The van der Waals surface area contributed by atoms with E-state index in [1.807, 2.05) is 30.3 Å². The summed E-state index contributed by atoms with van der Waals surface area (Å²) < 4.78 is 6.62. The molecule has 0 aliphatic carbocycles. The minimum atomic E-state index is 0.322. The highest BCUT2D eigenvalue weighted by atomic mass is 16.5. The van der Waals surface area contributed by atoms with E-state index in [2.05, 4.69) is 11.9 Å². The zero-order chi connectivity index (χ0) is 10.7. The minimum absolute atomic E-state index is 0.322. The summed E-state index contributed by atoms with van der Waals surface area (Å²) in [6.07, 6.45) is 1.74. The van der Waals surface area contributed by atoms with Crippen LogP contribution in [0.1, 0.15) is 0 Å². The van der Waals surface area contributed by atoms with Crippen LogP contribution in [-0.4, -0.2) is 5.27 Å². The second kappa shape index (κ2) is 3.96. The minimum Gasteiger partial charge on any atom is -0.362 e. The van der Waals surface area contributed by atoms with Gasteiger partial charge in [-0.25, -0.2) is 0 Å². The zero-order valence-corrected chi connectivity index (χ0v) is 8.26. The molecule has 0 atom stereocenters. The van der Waals surface area contributed by atoms with Crippen molar-refractivity contribution in [3.63, 3.8) is 0 Å². The fourth-order valence-corrected chi connectivity index (χ4v) is 1.44. The molecule has 15 heavy (non-hydrogen) atoms. The Hall–Kier alpha value is -2.10. The average molecular weight is 202 g/mol. The lowest BCUT2D eigenvalue weighted by Crippen LogP contribution is -2.36. The standard InChI is InChI=1S/C11H12N3O/c1-2-8-14-10(11(12)15-13-14)9-6-4-3-5-7-9/h2-7H,1,8,12H2/q+1. The third-order valence-corrected chi connectivity index (χ3v) is 2.08. The van der Waals surface area contributed by atoms with E-state index in [-0.39, 0.29) is 0 Å². The van der Waals surface area contributed by atoms with Gasteiger partial charge in [-0.15, -0.1) is 0 Å². The molecule has 0 spiro atoms. The maximum absolute atomic E-state index is 5.72. The van der Waals surface area contributed by atoms with Crippen LogP contribution in [0, 0.1) is 0 Å². The van der Waals surface area contributed by atoms with Gasteiger partial charge in [0.25, 0.3) is 0 Å². The van der Waals surface area contributed by atoms with Crippen molar-refractivity contribution in [1.29, 1.82) is 0 Å². The molecular weight excluding hydrogens is 190 g/mol. The number of nitrogens with two attached hydrogens (primary N) is 1. The van der Waals surface area contributed by atoms with Gasteiger partial charge in [0.15, 0.2) is 6.54 Å². The van der Waals surface area contributed by atoms with Crippen molar-refractivity contribution in [2.75, 3.05) is 5.73 Å². The van der Waals surface area contributed by atoms with Crippen LogP contribution in [0.5, 0.6) is 0 Å². The Bertz CT molecular complexity index is 462. The van der Waals surface area contributed by atoms with Crippen molar-refractivity contribution < 1.29 is 9.20 Å². The smallest absolute Gasteiger partial charge is 0.305 e. The summed E-state index contributed by atoms with van der Waals surface area (Å²) in [6, 6.07) is 9.76. The van der Waals surface area contributed by atoms with E-state index in [1.165, 1.54) is 0 Å². The lowest BCUT2D eigenvalue weighted by molar-refractivity contribution is -0.743. The number of nitrogens with zero attached hydrogens (tertiary/aromatic N) is 2. The van der Waals surface area contributed by atoms with Crippen molar-refractivity contribution in [3.8, 4) is 11.3 Å². The molecule has 0 saturated heterocycles. The molecule has 0 radical (unpaired) electrons. The Morgan fingerprint density at radius 2 is 2.13 bits per heavy atom. The molecule has 2 N–H and O–H groups in total. The van der Waals surface area contributed by atoms with E-state index in [0.29, 0.717) is 12.4 Å². The van der Waals surface area contributed by atoms with Crippen molar-refractivity contribution >= 4 is 5.88 Å². The number of hydrogen-bond donors (Lipinski definition) is 1. The number of rotatable bonds is 3. The quantitative estimate of drug-likeness (QED) is 0.604. The van der Waals surface area contributed by atoms with E-state index < -0.39 is 0 Å². The molecule has 0 aliphatic rings. The summed E-state index contributed by atoms with van der Waals surface area (Å²) in [7, 11) is 0. The highest BCUT2D eigenvalue weighted by Crippen LogP contribution is 2.20. The van der Waals surface area contributed by atoms with Crippen LogP contribution in [0.4, 0.5) is 5.88 Å². The van der Waals surface area contributed by atoms with Gasteiger partial charge in [-0.05, 0) is 22.9 Å². The molecular formula is C11H12N3O+. The van der Waals surface area contributed by atoms with Gasteiger partial charge in [0.1, 0.15) is 0 Å². The second-order valence-corrected chi connectivity index (χ2v) is 3.12. The number of benzene rings is 1. The highest BCUT2D eigenvalue weighted by molar-refractivity contribution is 5.64. The van der Waals surface area contributed by atoms with Gasteiger partial charge < -0.3 is 5.73 Å². The van der Waals surface area contributed by atoms with Gasteiger partial charge in [0.2, 0.25) is 5.27 Å². The van der Waals surface area contributed by atoms with Crippen molar-refractivity contribution in [2.24, 2.45) is 0 Å². The fraction of sp³-hybridized carbons (Fsp3) is 0.0909. The molecule has 1 aromatic carbocycles. The Morgan fingerprint density at radius 1 is 1.40 bits per heavy atom. The van der Waals surface area contributed by atoms with Gasteiger partial charge in [-0.1, -0.05) is 24.8 Å². The van der Waals surface area contributed by atoms with Gasteiger partial charge >= 0.3 is 11.6 Å². The summed E-state index contributed by atoms with van der Waals surface area (Å²) >= 11 is 0. The van der Waals surface area contributed by atoms with E-state index in [9.17, 15) is 0 Å². The van der Waals surface area contributed by atoms with Crippen LogP contribution in [0.3, 0.4) is 0 Å². The lowest BCUT2D eigenvalue weighted by atomic mass is 10.1. The largest absolute Gasteiger partial charge is 0.362 e. The molecule has 2 rings (SSSR count). The zero-order valence-electron chi connectivity index (χ0n) is 8.26. The summed E-state index contributed by atoms with van der Waals surface area (Å²) in [6.45, 7) is 4.23. The Kier molecular flexibility index (Phi) is 2.49. The molecule has 4 nitrogen and oxygen atoms in total. The summed E-state index contributed by atoms with van der Waals surface area (Å²) in [5, 5.41) is 3.83. The first-order chi connectivity index (χ1) is 7.33. The molecule has 0 fully saturated rings. The van der Waals surface area contributed by atoms with Gasteiger partial charge in [-0.3, -0.25) is 4.52 Å². The van der Waals surface area contributed by atoms with Crippen molar-refractivity contribution in [3.05, 3.63) is 43.0 Å². The maximum Gasteiger partial charge on any atom is 0.305 e. The Balaban J connectivity index is 2.51. The molecule has 2 aromatic rings. The van der Waals surface area contributed by atoms with Crippen LogP contribution in [0.15, 0.2) is 47.5 Å². The lowest BCUT2D eigenvalue weighted by Gasteiger charge is -1.92. The molecule has 0 aliphatic heterocycles. The topological polar surface area (TPSA) is 55.9 Å². The summed E-state index contributed by atoms with van der Waals surface area (Å²) in [5.41, 5.74) is 7.49. The number of hydrogen-bond acceptors (Lipinski definition) is 3. The van der Waals surface area contributed by atoms with E-state index in [0.717, 1.165) is 11.3 Å². The predicted octanol–water partition coefficient (Wildman–Crippen LogP) is 1.40. The van der Waals surface area contributed by atoms with E-state index in [4.69, 9.17) is 10.3 Å². The molecule has 4 heteroatoms. The van der Waals surface area contributed by atoms with Gasteiger partial charge in [-0.2, -0.15) is 0 Å². The van der Waals surface area contributed by atoms with E-state index in [1.54, 1.807) is 10.8 Å². The van der Waals surface area contributed by atoms with Gasteiger partial charge in [0, 0.05) is 0 Å². The average Bonchev–Trinajstić information content (AvgIpc) is 2.62. The van der Waals surface area contributed by atoms with Crippen LogP contribution in [0.2, 0.25) is 0 Å². The van der Waals surface area contributed by atoms with Crippen molar-refractivity contribution in [1.82, 2.24) is 5.27 Å². The maximum atomic E-state index is 5.72. The monoisotopic (exact) mass is 202 g/mol. The van der Waals surface area contributed by atoms with Gasteiger partial charge in [0.05, 0.1) is 5.56 Å². The molecule has 76 valence electrons. The first-order valence-corrected chi connectivity index (χ1v) is 4.64. The third-order valence-electron chi connectivity index (χ3n) is 2.08. The summed E-state index contributed by atoms with van der Waals surface area (Å²) in [4.78, 5) is 0. The van der Waals surface area contributed by atoms with Crippen LogP contribution < -0.4 is 10.4 Å². The molecule has 0 saturated carbocycles. The number of nitrogen functional groups attached to an aromatic ring is 1. The molecule has 1 aromatic heterocycles. The molecule has 0 bridgehead atoms. The summed E-state index contributed by atoms with van der Waals surface area (Å²) in [5.74, 6) is 0.322. The normalized spacial score (nSPS) is 10.1. The second-order valence-electron chi connectivity index (χ2n) is 3.12. The first kappa shape index (κ1) is 9.45. The molecule has 0 amide bonds. The number of aromatic nitrogens is 2. The Labute approximate surface area is 87.6 Å². The first-order valence-electron chi connectivity index (χ1n) is 4.64. The van der Waals surface area contributed by atoms with Crippen LogP contribution >= 0.6 is 0 Å². The fourth-order valence-electron chi connectivity index (χ4n) is 1.44. The SMILES string of the molecule is C=CC[n+]1noc(N)c1-c1ccccc1. The van der Waals surface area contributed by atoms with Crippen LogP contribution in [-0.2, 0) is 6.54 Å². The molecule has 1 heterocycles. The molecule has 0 unspecified atom stereocenters. The predicted molar refractivity (Wildman–Crippen MR) is 56.7 cm³/mol. The van der Waals surface area contributed by atoms with Crippen molar-refractivity contribution in [2.45, 2.75) is 6.54 Å². The third kappa shape index (κ3) is 1.74.